The zero-order valence-corrected chi connectivity index (χ0v) is 10.4. The first-order chi connectivity index (χ1) is 8.74. The van der Waals surface area contributed by atoms with Crippen LogP contribution in [-0.4, -0.2) is 28.6 Å². The summed E-state index contributed by atoms with van der Waals surface area (Å²) < 4.78 is 39.9. The summed E-state index contributed by atoms with van der Waals surface area (Å²) in [5, 5.41) is 19.4. The first-order valence-corrected chi connectivity index (χ1v) is 5.85. The molecule has 0 aliphatic heterocycles. The number of benzene rings is 1. The Morgan fingerprint density at radius 3 is 2.47 bits per heavy atom. The third kappa shape index (κ3) is 4.77. The van der Waals surface area contributed by atoms with Gasteiger partial charge in [0.15, 0.2) is 0 Å². The molecule has 2 atom stereocenters. The van der Waals surface area contributed by atoms with Crippen LogP contribution < -0.4 is 10.5 Å². The Labute approximate surface area is 112 Å². The lowest BCUT2D eigenvalue weighted by Crippen LogP contribution is -2.21. The number of nitrogen functional groups attached to an aromatic ring is 1. The number of ether oxygens (including phenoxy) is 1. The molecule has 0 saturated carbocycles. The summed E-state index contributed by atoms with van der Waals surface area (Å²) in [6.45, 7) is 0. The Balaban J connectivity index is 2.96. The van der Waals surface area contributed by atoms with Gasteiger partial charge in [-0.05, 0) is 24.6 Å². The van der Waals surface area contributed by atoms with Crippen molar-refractivity contribution in [3.8, 4) is 5.75 Å². The van der Waals surface area contributed by atoms with Gasteiger partial charge in [0.25, 0.3) is 0 Å². The van der Waals surface area contributed by atoms with Crippen LogP contribution in [0.1, 0.15) is 18.1 Å². The van der Waals surface area contributed by atoms with E-state index in [4.69, 9.17) is 17.3 Å². The summed E-state index contributed by atoms with van der Waals surface area (Å²) in [6, 6.07) is 3.12. The molecule has 0 radical (unpaired) electrons. The fourth-order valence-electron chi connectivity index (χ4n) is 1.48. The molecular formula is C11H13ClF3NO3. The molecule has 0 bridgehead atoms. The molecule has 0 fully saturated rings. The average Bonchev–Trinajstić information content (AvgIpc) is 2.29. The van der Waals surface area contributed by atoms with E-state index in [2.05, 4.69) is 4.74 Å². The summed E-state index contributed by atoms with van der Waals surface area (Å²) in [7, 11) is 0. The molecule has 4 N–H and O–H groups in total. The van der Waals surface area contributed by atoms with Gasteiger partial charge in [0, 0.05) is 17.1 Å². The number of rotatable bonds is 5. The van der Waals surface area contributed by atoms with E-state index in [0.29, 0.717) is 0 Å². The van der Waals surface area contributed by atoms with E-state index in [-0.39, 0.29) is 23.6 Å². The third-order valence-corrected chi connectivity index (χ3v) is 2.60. The summed E-state index contributed by atoms with van der Waals surface area (Å²) >= 11 is 5.41. The van der Waals surface area contributed by atoms with E-state index in [9.17, 15) is 23.4 Å². The molecule has 0 saturated heterocycles. The average molecular weight is 300 g/mol. The number of nitrogens with two attached hydrogens (primary N) is 1. The SMILES string of the molecule is Nc1ccc(OC(F)(F)F)cc1C(O)C(O)CCCl. The zero-order chi connectivity index (χ0) is 14.6. The Bertz CT molecular complexity index is 428. The summed E-state index contributed by atoms with van der Waals surface area (Å²) in [5.74, 6) is -0.425. The molecule has 1 aromatic rings. The van der Waals surface area contributed by atoms with E-state index >= 15 is 0 Å². The Morgan fingerprint density at radius 2 is 1.95 bits per heavy atom. The quantitative estimate of drug-likeness (QED) is 0.575. The van der Waals surface area contributed by atoms with Gasteiger partial charge < -0.3 is 20.7 Å². The molecule has 0 aromatic heterocycles. The van der Waals surface area contributed by atoms with Crippen molar-refractivity contribution < 1.29 is 28.1 Å². The van der Waals surface area contributed by atoms with E-state index in [1.165, 1.54) is 0 Å². The second kappa shape index (κ2) is 6.31. The highest BCUT2D eigenvalue weighted by atomic mass is 35.5. The van der Waals surface area contributed by atoms with E-state index in [1.54, 1.807) is 0 Å². The van der Waals surface area contributed by atoms with Crippen LogP contribution in [0.15, 0.2) is 18.2 Å². The van der Waals surface area contributed by atoms with E-state index in [1.807, 2.05) is 0 Å². The monoisotopic (exact) mass is 299 g/mol. The lowest BCUT2D eigenvalue weighted by molar-refractivity contribution is -0.274. The van der Waals surface area contributed by atoms with Gasteiger partial charge >= 0.3 is 6.36 Å². The molecule has 0 aliphatic carbocycles. The van der Waals surface area contributed by atoms with Crippen LogP contribution in [0.5, 0.6) is 5.75 Å². The number of anilines is 1. The van der Waals surface area contributed by atoms with Crippen molar-refractivity contribution >= 4 is 17.3 Å². The van der Waals surface area contributed by atoms with Crippen molar-refractivity contribution in [1.29, 1.82) is 0 Å². The molecule has 1 aromatic carbocycles. The second-order valence-corrected chi connectivity index (χ2v) is 4.21. The molecule has 108 valence electrons. The predicted molar refractivity (Wildman–Crippen MR) is 63.8 cm³/mol. The third-order valence-electron chi connectivity index (χ3n) is 2.38. The van der Waals surface area contributed by atoms with Gasteiger partial charge in [-0.2, -0.15) is 0 Å². The minimum atomic E-state index is -4.84. The number of hydrogen-bond donors (Lipinski definition) is 3. The van der Waals surface area contributed by atoms with Gasteiger partial charge in [0.2, 0.25) is 0 Å². The molecule has 0 heterocycles. The van der Waals surface area contributed by atoms with Crippen LogP contribution in [-0.2, 0) is 0 Å². The fourth-order valence-corrected chi connectivity index (χ4v) is 1.71. The Hall–Kier alpha value is -1.18. The molecule has 0 aliphatic rings. The van der Waals surface area contributed by atoms with Crippen molar-refractivity contribution in [2.75, 3.05) is 11.6 Å². The molecule has 0 amide bonds. The van der Waals surface area contributed by atoms with Crippen LogP contribution >= 0.6 is 11.6 Å². The summed E-state index contributed by atoms with van der Waals surface area (Å²) in [6.07, 6.45) is -7.42. The van der Waals surface area contributed by atoms with Gasteiger partial charge in [-0.15, -0.1) is 24.8 Å². The van der Waals surface area contributed by atoms with Gasteiger partial charge in [0.05, 0.1) is 6.10 Å². The first-order valence-electron chi connectivity index (χ1n) is 5.32. The second-order valence-electron chi connectivity index (χ2n) is 3.83. The standard InChI is InChI=1S/C11H13ClF3NO3/c12-4-3-9(17)10(18)7-5-6(1-2-8(7)16)19-11(13,14)15/h1-2,5,9-10,17-18H,3-4,16H2. The maximum Gasteiger partial charge on any atom is 0.573 e. The van der Waals surface area contributed by atoms with Crippen molar-refractivity contribution in [1.82, 2.24) is 0 Å². The Kier molecular flexibility index (Phi) is 5.28. The normalized spacial score (nSPS) is 15.1. The molecule has 2 unspecified atom stereocenters. The van der Waals surface area contributed by atoms with Gasteiger partial charge in [0.1, 0.15) is 11.9 Å². The largest absolute Gasteiger partial charge is 0.573 e. The van der Waals surface area contributed by atoms with Crippen molar-refractivity contribution in [3.05, 3.63) is 23.8 Å². The summed E-state index contributed by atoms with van der Waals surface area (Å²) in [5.41, 5.74) is 5.56. The topological polar surface area (TPSA) is 75.7 Å². The number of hydrogen-bond acceptors (Lipinski definition) is 4. The summed E-state index contributed by atoms with van der Waals surface area (Å²) in [4.78, 5) is 0. The zero-order valence-electron chi connectivity index (χ0n) is 9.69. The van der Waals surface area contributed by atoms with Crippen molar-refractivity contribution in [2.24, 2.45) is 0 Å². The lowest BCUT2D eigenvalue weighted by Gasteiger charge is -2.20. The number of aliphatic hydroxyl groups is 2. The highest BCUT2D eigenvalue weighted by molar-refractivity contribution is 6.17. The molecule has 1 rings (SSSR count). The smallest absolute Gasteiger partial charge is 0.406 e. The minimum absolute atomic E-state index is 0.0423. The molecule has 8 heteroatoms. The van der Waals surface area contributed by atoms with Crippen LogP contribution in [0, 0.1) is 0 Å². The maximum atomic E-state index is 12.1. The highest BCUT2D eigenvalue weighted by Crippen LogP contribution is 2.31. The maximum absolute atomic E-state index is 12.1. The van der Waals surface area contributed by atoms with Crippen molar-refractivity contribution in [2.45, 2.75) is 25.0 Å². The van der Waals surface area contributed by atoms with Crippen LogP contribution in [0.3, 0.4) is 0 Å². The lowest BCUT2D eigenvalue weighted by atomic mass is 10.0. The Morgan fingerprint density at radius 1 is 1.32 bits per heavy atom. The molecule has 4 nitrogen and oxygen atoms in total. The number of aliphatic hydroxyl groups excluding tert-OH is 2. The highest BCUT2D eigenvalue weighted by Gasteiger charge is 2.31. The number of alkyl halides is 4. The van der Waals surface area contributed by atoms with Gasteiger partial charge in [-0.1, -0.05) is 0 Å². The van der Waals surface area contributed by atoms with E-state index < -0.39 is 24.3 Å². The predicted octanol–water partition coefficient (Wildman–Crippen LogP) is 2.19. The van der Waals surface area contributed by atoms with Crippen LogP contribution in [0.25, 0.3) is 0 Å². The number of halogens is 4. The van der Waals surface area contributed by atoms with Gasteiger partial charge in [-0.25, -0.2) is 0 Å². The molecular weight excluding hydrogens is 287 g/mol. The van der Waals surface area contributed by atoms with E-state index in [0.717, 1.165) is 18.2 Å². The fraction of sp³-hybridized carbons (Fsp3) is 0.455. The minimum Gasteiger partial charge on any atom is -0.406 e. The van der Waals surface area contributed by atoms with Crippen LogP contribution in [0.2, 0.25) is 0 Å². The van der Waals surface area contributed by atoms with Crippen molar-refractivity contribution in [3.63, 3.8) is 0 Å². The van der Waals surface area contributed by atoms with Gasteiger partial charge in [-0.3, -0.25) is 0 Å². The molecule has 0 spiro atoms. The van der Waals surface area contributed by atoms with Crippen LogP contribution in [0.4, 0.5) is 18.9 Å². The first kappa shape index (κ1) is 15.9. The molecule has 19 heavy (non-hydrogen) atoms.